The van der Waals surface area contributed by atoms with Crippen molar-refractivity contribution in [1.82, 2.24) is 9.97 Å². The molecule has 2 N–H and O–H groups in total. The van der Waals surface area contributed by atoms with E-state index in [1.165, 1.54) is 12.8 Å². The van der Waals surface area contributed by atoms with Crippen molar-refractivity contribution in [3.63, 3.8) is 0 Å². The number of ether oxygens (including phenoxy) is 1. The van der Waals surface area contributed by atoms with Crippen molar-refractivity contribution in [2.24, 2.45) is 0 Å². The van der Waals surface area contributed by atoms with Gasteiger partial charge >= 0.3 is 5.69 Å². The van der Waals surface area contributed by atoms with Gasteiger partial charge in [-0.2, -0.15) is 0 Å². The van der Waals surface area contributed by atoms with Crippen molar-refractivity contribution < 1.29 is 4.74 Å². The maximum Gasteiger partial charge on any atom is 0.323 e. The molecule has 5 heteroatoms. The zero-order valence-corrected chi connectivity index (χ0v) is 9.75. The van der Waals surface area contributed by atoms with Crippen molar-refractivity contribution in [1.29, 1.82) is 0 Å². The fourth-order valence-corrected chi connectivity index (χ4v) is 2.42. The molecule has 1 aliphatic heterocycles. The molecule has 2 heterocycles. The number of aromatic nitrogens is 2. The number of rotatable bonds is 2. The maximum atomic E-state index is 11.3. The summed E-state index contributed by atoms with van der Waals surface area (Å²) in [5.74, 6) is 0.814. The van der Waals surface area contributed by atoms with Gasteiger partial charge in [-0.05, 0) is 18.9 Å². The van der Waals surface area contributed by atoms with E-state index in [0.29, 0.717) is 0 Å². The largest absolute Gasteiger partial charge is 0.495 e. The van der Waals surface area contributed by atoms with E-state index >= 15 is 0 Å². The van der Waals surface area contributed by atoms with Crippen LogP contribution in [0, 0.1) is 0 Å². The minimum Gasteiger partial charge on any atom is -0.495 e. The van der Waals surface area contributed by atoms with Crippen LogP contribution in [-0.4, -0.2) is 30.2 Å². The number of hydrogen-bond donors (Lipinski definition) is 2. The molecule has 0 atom stereocenters. The van der Waals surface area contributed by atoms with E-state index in [9.17, 15) is 4.79 Å². The molecule has 0 saturated carbocycles. The van der Waals surface area contributed by atoms with E-state index in [1.54, 1.807) is 7.11 Å². The number of hydrogen-bond acceptors (Lipinski definition) is 3. The summed E-state index contributed by atoms with van der Waals surface area (Å²) in [7, 11) is 1.66. The van der Waals surface area contributed by atoms with E-state index in [-0.39, 0.29) is 5.69 Å². The second kappa shape index (κ2) is 3.84. The number of benzene rings is 1. The van der Waals surface area contributed by atoms with Gasteiger partial charge in [0, 0.05) is 19.2 Å². The smallest absolute Gasteiger partial charge is 0.323 e. The molecule has 17 heavy (non-hydrogen) atoms. The number of anilines is 1. The Bertz CT molecular complexity index is 593. The molecule has 5 nitrogen and oxygen atoms in total. The van der Waals surface area contributed by atoms with E-state index in [2.05, 4.69) is 14.9 Å². The zero-order chi connectivity index (χ0) is 11.8. The molecule has 3 rings (SSSR count). The van der Waals surface area contributed by atoms with E-state index in [4.69, 9.17) is 4.74 Å². The van der Waals surface area contributed by atoms with Crippen LogP contribution in [0.1, 0.15) is 12.8 Å². The monoisotopic (exact) mass is 233 g/mol. The molecule has 1 aromatic heterocycles. The molecule has 1 aliphatic rings. The Morgan fingerprint density at radius 2 is 1.82 bits per heavy atom. The van der Waals surface area contributed by atoms with Crippen LogP contribution in [0.2, 0.25) is 0 Å². The van der Waals surface area contributed by atoms with Crippen LogP contribution in [0.3, 0.4) is 0 Å². The normalized spacial score (nSPS) is 15.7. The third-order valence-corrected chi connectivity index (χ3v) is 3.26. The Morgan fingerprint density at radius 3 is 2.47 bits per heavy atom. The van der Waals surface area contributed by atoms with Gasteiger partial charge in [-0.15, -0.1) is 0 Å². The molecule has 1 saturated heterocycles. The summed E-state index contributed by atoms with van der Waals surface area (Å²) in [4.78, 5) is 19.1. The second-order valence-electron chi connectivity index (χ2n) is 4.34. The lowest BCUT2D eigenvalue weighted by Gasteiger charge is -2.20. The minimum atomic E-state index is -0.180. The number of fused-ring (bicyclic) bond motifs is 1. The van der Waals surface area contributed by atoms with Gasteiger partial charge in [0.2, 0.25) is 0 Å². The lowest BCUT2D eigenvalue weighted by atomic mass is 10.2. The lowest BCUT2D eigenvalue weighted by Crippen LogP contribution is -2.18. The van der Waals surface area contributed by atoms with Gasteiger partial charge in [0.15, 0.2) is 0 Å². The van der Waals surface area contributed by atoms with Gasteiger partial charge in [-0.1, -0.05) is 0 Å². The van der Waals surface area contributed by atoms with Crippen LogP contribution >= 0.6 is 0 Å². The molecule has 90 valence electrons. The average molecular weight is 233 g/mol. The van der Waals surface area contributed by atoms with E-state index in [1.807, 2.05) is 12.1 Å². The van der Waals surface area contributed by atoms with Crippen LogP contribution in [0.15, 0.2) is 16.9 Å². The van der Waals surface area contributed by atoms with Crippen LogP contribution in [0.25, 0.3) is 11.0 Å². The van der Waals surface area contributed by atoms with Crippen LogP contribution in [0.5, 0.6) is 5.75 Å². The SMILES string of the molecule is COc1cc2[nH]c(=O)[nH]c2cc1N1CCCC1. The molecule has 0 radical (unpaired) electrons. The summed E-state index contributed by atoms with van der Waals surface area (Å²) in [6.07, 6.45) is 2.43. The quantitative estimate of drug-likeness (QED) is 0.825. The number of H-pyrrole nitrogens is 2. The topological polar surface area (TPSA) is 61.1 Å². The van der Waals surface area contributed by atoms with Gasteiger partial charge in [-0.3, -0.25) is 0 Å². The predicted molar refractivity (Wildman–Crippen MR) is 66.9 cm³/mol. The third kappa shape index (κ3) is 1.67. The molecule has 1 fully saturated rings. The second-order valence-corrected chi connectivity index (χ2v) is 4.34. The first-order chi connectivity index (χ1) is 8.28. The third-order valence-electron chi connectivity index (χ3n) is 3.26. The van der Waals surface area contributed by atoms with Gasteiger partial charge < -0.3 is 19.6 Å². The lowest BCUT2D eigenvalue weighted by molar-refractivity contribution is 0.415. The summed E-state index contributed by atoms with van der Waals surface area (Å²) in [5.41, 5.74) is 2.50. The van der Waals surface area contributed by atoms with Gasteiger partial charge in [0.25, 0.3) is 0 Å². The van der Waals surface area contributed by atoms with E-state index < -0.39 is 0 Å². The Labute approximate surface area is 98.4 Å². The highest BCUT2D eigenvalue weighted by molar-refractivity contribution is 5.83. The number of nitrogens with zero attached hydrogens (tertiary/aromatic N) is 1. The fraction of sp³-hybridized carbons (Fsp3) is 0.417. The first kappa shape index (κ1) is 10.3. The molecular weight excluding hydrogens is 218 g/mol. The van der Waals surface area contributed by atoms with Gasteiger partial charge in [0.05, 0.1) is 23.8 Å². The van der Waals surface area contributed by atoms with Crippen molar-refractivity contribution in [3.05, 3.63) is 22.6 Å². The first-order valence-corrected chi connectivity index (χ1v) is 5.83. The molecular formula is C12H15N3O2. The molecule has 0 aliphatic carbocycles. The van der Waals surface area contributed by atoms with Crippen LogP contribution in [-0.2, 0) is 0 Å². The Hall–Kier alpha value is -1.91. The summed E-state index contributed by atoms with van der Waals surface area (Å²) < 4.78 is 5.40. The maximum absolute atomic E-state index is 11.3. The first-order valence-electron chi connectivity index (χ1n) is 5.83. The van der Waals surface area contributed by atoms with Crippen molar-refractivity contribution >= 4 is 16.7 Å². The number of aromatic amines is 2. The molecule has 1 aromatic carbocycles. The molecule has 2 aromatic rings. The highest BCUT2D eigenvalue weighted by atomic mass is 16.5. The van der Waals surface area contributed by atoms with Crippen molar-refractivity contribution in [2.75, 3.05) is 25.1 Å². The summed E-state index contributed by atoms with van der Waals surface area (Å²) in [6, 6.07) is 3.86. The molecule has 0 bridgehead atoms. The number of methoxy groups -OCH3 is 1. The Balaban J connectivity index is 2.16. The van der Waals surface area contributed by atoms with Gasteiger partial charge in [0.1, 0.15) is 5.75 Å². The molecule has 0 spiro atoms. The van der Waals surface area contributed by atoms with Gasteiger partial charge in [-0.25, -0.2) is 4.79 Å². The fourth-order valence-electron chi connectivity index (χ4n) is 2.42. The molecule has 0 unspecified atom stereocenters. The van der Waals surface area contributed by atoms with E-state index in [0.717, 1.165) is 35.6 Å². The Morgan fingerprint density at radius 1 is 1.18 bits per heavy atom. The summed E-state index contributed by atoms with van der Waals surface area (Å²) in [6.45, 7) is 2.10. The predicted octanol–water partition coefficient (Wildman–Crippen LogP) is 1.47. The highest BCUT2D eigenvalue weighted by Gasteiger charge is 2.17. The van der Waals surface area contributed by atoms with Crippen molar-refractivity contribution in [2.45, 2.75) is 12.8 Å². The average Bonchev–Trinajstić information content (AvgIpc) is 2.93. The summed E-state index contributed by atoms with van der Waals surface area (Å²) in [5, 5.41) is 0. The number of imidazole rings is 1. The highest BCUT2D eigenvalue weighted by Crippen LogP contribution is 2.33. The van der Waals surface area contributed by atoms with Crippen LogP contribution < -0.4 is 15.3 Å². The zero-order valence-electron chi connectivity index (χ0n) is 9.75. The van der Waals surface area contributed by atoms with Crippen LogP contribution in [0.4, 0.5) is 5.69 Å². The summed E-state index contributed by atoms with van der Waals surface area (Å²) >= 11 is 0. The Kier molecular flexibility index (Phi) is 2.31. The van der Waals surface area contributed by atoms with Crippen molar-refractivity contribution in [3.8, 4) is 5.75 Å². The standard InChI is InChI=1S/C12H15N3O2/c1-17-11-7-9-8(13-12(16)14-9)6-10(11)15-4-2-3-5-15/h6-7H,2-5H2,1H3,(H2,13,14,16). The number of nitrogens with one attached hydrogen (secondary N) is 2. The molecule has 0 amide bonds. The minimum absolute atomic E-state index is 0.180.